The molecule has 6 heteroatoms. The Bertz CT molecular complexity index is 445. The molecular formula is C11H14N2O4. The molecule has 1 amide bonds. The Kier molecular flexibility index (Phi) is 4.06. The third kappa shape index (κ3) is 3.46. The minimum atomic E-state index is -0.857. The second-order valence-electron chi connectivity index (χ2n) is 3.67. The second kappa shape index (κ2) is 5.31. The largest absolute Gasteiger partial charge is 0.504 e. The number of hydrogen-bond acceptors (Lipinski definition) is 5. The van der Waals surface area contributed by atoms with Crippen LogP contribution in [0.5, 0.6) is 11.5 Å². The van der Waals surface area contributed by atoms with Crippen LogP contribution in [0.15, 0.2) is 18.2 Å². The van der Waals surface area contributed by atoms with Crippen LogP contribution in [0.1, 0.15) is 23.2 Å². The van der Waals surface area contributed by atoms with Crippen molar-refractivity contribution in [3.05, 3.63) is 23.8 Å². The molecule has 0 heterocycles. The molecule has 1 aromatic carbocycles. The molecule has 0 radical (unpaired) electrons. The normalized spacial score (nSPS) is 12.1. The van der Waals surface area contributed by atoms with Gasteiger partial charge in [0.2, 0.25) is 5.91 Å². The summed E-state index contributed by atoms with van der Waals surface area (Å²) in [6.45, 7) is 0. The molecule has 17 heavy (non-hydrogen) atoms. The van der Waals surface area contributed by atoms with Crippen LogP contribution in [0.3, 0.4) is 0 Å². The molecule has 0 spiro atoms. The van der Waals surface area contributed by atoms with Crippen molar-refractivity contribution in [1.29, 1.82) is 0 Å². The van der Waals surface area contributed by atoms with E-state index in [-0.39, 0.29) is 35.7 Å². The van der Waals surface area contributed by atoms with E-state index in [2.05, 4.69) is 0 Å². The number of nitrogens with two attached hydrogens (primary N) is 2. The Morgan fingerprint density at radius 2 is 1.88 bits per heavy atom. The molecular weight excluding hydrogens is 224 g/mol. The fraction of sp³-hybridized carbons (Fsp3) is 0.273. The first kappa shape index (κ1) is 13.0. The van der Waals surface area contributed by atoms with Gasteiger partial charge < -0.3 is 21.7 Å². The highest BCUT2D eigenvalue weighted by Crippen LogP contribution is 2.25. The van der Waals surface area contributed by atoms with Gasteiger partial charge in [0.25, 0.3) is 0 Å². The number of carbonyl (C=O) groups excluding carboxylic acids is 2. The molecule has 0 saturated heterocycles. The van der Waals surface area contributed by atoms with Gasteiger partial charge in [-0.05, 0) is 24.6 Å². The molecule has 0 unspecified atom stereocenters. The van der Waals surface area contributed by atoms with E-state index in [0.29, 0.717) is 0 Å². The van der Waals surface area contributed by atoms with Gasteiger partial charge in [-0.25, -0.2) is 0 Å². The highest BCUT2D eigenvalue weighted by atomic mass is 16.3. The first-order valence-electron chi connectivity index (χ1n) is 5.02. The third-order valence-corrected chi connectivity index (χ3v) is 2.35. The molecule has 0 aliphatic carbocycles. The monoisotopic (exact) mass is 238 g/mol. The summed E-state index contributed by atoms with van der Waals surface area (Å²) < 4.78 is 0. The van der Waals surface area contributed by atoms with E-state index in [1.54, 1.807) is 0 Å². The van der Waals surface area contributed by atoms with E-state index in [1.807, 2.05) is 0 Å². The van der Waals surface area contributed by atoms with E-state index in [0.717, 1.165) is 6.07 Å². The lowest BCUT2D eigenvalue weighted by Crippen LogP contribution is -2.36. The number of amides is 1. The molecule has 1 aromatic rings. The zero-order valence-corrected chi connectivity index (χ0v) is 9.09. The van der Waals surface area contributed by atoms with Crippen molar-refractivity contribution in [1.82, 2.24) is 0 Å². The number of phenols is 2. The maximum atomic E-state index is 11.6. The fourth-order valence-electron chi connectivity index (χ4n) is 1.27. The van der Waals surface area contributed by atoms with Gasteiger partial charge in [-0.15, -0.1) is 0 Å². The lowest BCUT2D eigenvalue weighted by atomic mass is 10.0. The lowest BCUT2D eigenvalue weighted by Gasteiger charge is -2.06. The van der Waals surface area contributed by atoms with Gasteiger partial charge in [0.05, 0.1) is 6.04 Å². The standard InChI is InChI=1S/C11H14N2O4/c12-7(11(13)17)2-4-8(14)6-1-3-9(15)10(16)5-6/h1,3,5,7,15-16H,2,4,12H2,(H2,13,17)/t7-/m0/s1. The van der Waals surface area contributed by atoms with Crippen molar-refractivity contribution < 1.29 is 19.8 Å². The van der Waals surface area contributed by atoms with E-state index in [1.165, 1.54) is 12.1 Å². The SMILES string of the molecule is NC(=O)[C@@H](N)CCC(=O)c1ccc(O)c(O)c1. The van der Waals surface area contributed by atoms with Crippen molar-refractivity contribution in [2.45, 2.75) is 18.9 Å². The van der Waals surface area contributed by atoms with Gasteiger partial charge in [-0.2, -0.15) is 0 Å². The maximum absolute atomic E-state index is 11.6. The fourth-order valence-corrected chi connectivity index (χ4v) is 1.27. The van der Waals surface area contributed by atoms with Gasteiger partial charge in [0.1, 0.15) is 0 Å². The molecule has 92 valence electrons. The molecule has 0 aliphatic heterocycles. The third-order valence-electron chi connectivity index (χ3n) is 2.35. The van der Waals surface area contributed by atoms with E-state index in [4.69, 9.17) is 16.6 Å². The molecule has 6 nitrogen and oxygen atoms in total. The number of primary amides is 1. The van der Waals surface area contributed by atoms with Crippen LogP contribution in [0.25, 0.3) is 0 Å². The highest BCUT2D eigenvalue weighted by Gasteiger charge is 2.14. The zero-order chi connectivity index (χ0) is 13.0. The van der Waals surface area contributed by atoms with Crippen molar-refractivity contribution in [3.63, 3.8) is 0 Å². The molecule has 1 rings (SSSR count). The Morgan fingerprint density at radius 3 is 2.41 bits per heavy atom. The topological polar surface area (TPSA) is 127 Å². The Hall–Kier alpha value is -2.08. The summed E-state index contributed by atoms with van der Waals surface area (Å²) in [5.74, 6) is -1.60. The van der Waals surface area contributed by atoms with E-state index < -0.39 is 11.9 Å². The van der Waals surface area contributed by atoms with Gasteiger partial charge in [0, 0.05) is 12.0 Å². The number of Topliss-reactive ketones (excluding diaryl/α,β-unsaturated/α-hetero) is 1. The van der Waals surface area contributed by atoms with Crippen molar-refractivity contribution >= 4 is 11.7 Å². The maximum Gasteiger partial charge on any atom is 0.234 e. The van der Waals surface area contributed by atoms with Crippen molar-refractivity contribution in [3.8, 4) is 11.5 Å². The highest BCUT2D eigenvalue weighted by molar-refractivity contribution is 5.97. The van der Waals surface area contributed by atoms with Crippen LogP contribution in [0.2, 0.25) is 0 Å². The number of carbonyl (C=O) groups is 2. The van der Waals surface area contributed by atoms with E-state index in [9.17, 15) is 14.7 Å². The Morgan fingerprint density at radius 1 is 1.24 bits per heavy atom. The molecule has 0 aromatic heterocycles. The van der Waals surface area contributed by atoms with Crippen LogP contribution < -0.4 is 11.5 Å². The quantitative estimate of drug-likeness (QED) is 0.420. The predicted octanol–water partition coefficient (Wildman–Crippen LogP) is -0.127. The average molecular weight is 238 g/mol. The van der Waals surface area contributed by atoms with Crippen molar-refractivity contribution in [2.24, 2.45) is 11.5 Å². The number of hydrogen-bond donors (Lipinski definition) is 4. The van der Waals surface area contributed by atoms with Crippen LogP contribution in [0, 0.1) is 0 Å². The molecule has 0 aliphatic rings. The van der Waals surface area contributed by atoms with Crippen LogP contribution >= 0.6 is 0 Å². The molecule has 0 saturated carbocycles. The zero-order valence-electron chi connectivity index (χ0n) is 9.09. The minimum Gasteiger partial charge on any atom is -0.504 e. The van der Waals surface area contributed by atoms with E-state index >= 15 is 0 Å². The summed E-state index contributed by atoms with van der Waals surface area (Å²) in [6, 6.07) is 2.90. The number of ketones is 1. The first-order chi connectivity index (χ1) is 7.91. The smallest absolute Gasteiger partial charge is 0.234 e. The summed E-state index contributed by atoms with van der Waals surface area (Å²) in [4.78, 5) is 22.3. The number of benzene rings is 1. The summed E-state index contributed by atoms with van der Waals surface area (Å²) in [7, 11) is 0. The summed E-state index contributed by atoms with van der Waals surface area (Å²) in [6.07, 6.45) is 0.199. The first-order valence-corrected chi connectivity index (χ1v) is 5.02. The molecule has 1 atom stereocenters. The number of phenolic OH excluding ortho intramolecular Hbond substituents is 2. The Labute approximate surface area is 97.8 Å². The summed E-state index contributed by atoms with van der Waals surface area (Å²) in [5.41, 5.74) is 10.6. The van der Waals surface area contributed by atoms with Gasteiger partial charge in [-0.1, -0.05) is 0 Å². The minimum absolute atomic E-state index is 0.0499. The molecule has 6 N–H and O–H groups in total. The lowest BCUT2D eigenvalue weighted by molar-refractivity contribution is -0.119. The van der Waals surface area contributed by atoms with Gasteiger partial charge >= 0.3 is 0 Å². The average Bonchev–Trinajstić information content (AvgIpc) is 2.28. The van der Waals surface area contributed by atoms with Crippen LogP contribution in [-0.2, 0) is 4.79 Å². The number of rotatable bonds is 5. The van der Waals surface area contributed by atoms with Crippen LogP contribution in [-0.4, -0.2) is 27.9 Å². The summed E-state index contributed by atoms with van der Waals surface area (Å²) in [5, 5.41) is 18.3. The van der Waals surface area contributed by atoms with Gasteiger partial charge in [0.15, 0.2) is 17.3 Å². The second-order valence-corrected chi connectivity index (χ2v) is 3.67. The van der Waals surface area contributed by atoms with Crippen molar-refractivity contribution in [2.75, 3.05) is 0 Å². The predicted molar refractivity (Wildman–Crippen MR) is 60.5 cm³/mol. The number of aromatic hydroxyl groups is 2. The molecule has 0 bridgehead atoms. The van der Waals surface area contributed by atoms with Gasteiger partial charge in [-0.3, -0.25) is 9.59 Å². The molecule has 0 fully saturated rings. The van der Waals surface area contributed by atoms with Crippen LogP contribution in [0.4, 0.5) is 0 Å². The Balaban J connectivity index is 2.64. The summed E-state index contributed by atoms with van der Waals surface area (Å²) >= 11 is 0.